The summed E-state index contributed by atoms with van der Waals surface area (Å²) in [5, 5.41) is 8.83. The molecular weight excluding hydrogens is 202 g/mol. The first kappa shape index (κ1) is 13.0. The summed E-state index contributed by atoms with van der Waals surface area (Å²) in [4.78, 5) is 15.9. The van der Waals surface area contributed by atoms with Gasteiger partial charge in [0.1, 0.15) is 6.04 Å². The van der Waals surface area contributed by atoms with Crippen LogP contribution in [0.1, 0.15) is 33.6 Å². The number of carbonyl (C=O) groups is 1. The molecule has 1 fully saturated rings. The standard InChI is InChI=1S/C12H21N3O/c1-5-8-15-10(6-7-13)11(16)14(4)9-12(15,2)3/h10H,5-6,8-9H2,1-4H3. The summed E-state index contributed by atoms with van der Waals surface area (Å²) in [5.74, 6) is 0.0781. The van der Waals surface area contributed by atoms with Crippen LogP contribution in [0.15, 0.2) is 0 Å². The molecule has 0 bridgehead atoms. The van der Waals surface area contributed by atoms with Gasteiger partial charge in [-0.25, -0.2) is 0 Å². The van der Waals surface area contributed by atoms with Crippen LogP contribution in [0.2, 0.25) is 0 Å². The molecule has 1 unspecified atom stereocenters. The predicted octanol–water partition coefficient (Wildman–Crippen LogP) is 1.23. The number of amides is 1. The van der Waals surface area contributed by atoms with Gasteiger partial charge in [0.25, 0.3) is 0 Å². The van der Waals surface area contributed by atoms with Gasteiger partial charge in [-0.15, -0.1) is 0 Å². The highest BCUT2D eigenvalue weighted by Crippen LogP contribution is 2.26. The zero-order valence-electron chi connectivity index (χ0n) is 10.7. The van der Waals surface area contributed by atoms with Crippen molar-refractivity contribution < 1.29 is 4.79 Å². The van der Waals surface area contributed by atoms with Crippen LogP contribution in [0.5, 0.6) is 0 Å². The Morgan fingerprint density at radius 3 is 2.69 bits per heavy atom. The van der Waals surface area contributed by atoms with Crippen molar-refractivity contribution in [2.45, 2.75) is 45.2 Å². The minimum absolute atomic E-state index is 0.0415. The zero-order valence-corrected chi connectivity index (χ0v) is 10.7. The van der Waals surface area contributed by atoms with E-state index >= 15 is 0 Å². The lowest BCUT2D eigenvalue weighted by molar-refractivity contribution is -0.147. The molecular formula is C12H21N3O. The average molecular weight is 223 g/mol. The van der Waals surface area contributed by atoms with Crippen molar-refractivity contribution in [3.05, 3.63) is 0 Å². The Balaban J connectivity index is 2.96. The molecule has 1 aliphatic heterocycles. The van der Waals surface area contributed by atoms with Crippen molar-refractivity contribution in [2.24, 2.45) is 0 Å². The van der Waals surface area contributed by atoms with Gasteiger partial charge in [0.05, 0.1) is 12.5 Å². The average Bonchev–Trinajstić information content (AvgIpc) is 2.19. The van der Waals surface area contributed by atoms with E-state index in [0.717, 1.165) is 19.5 Å². The van der Waals surface area contributed by atoms with Gasteiger partial charge in [-0.2, -0.15) is 5.26 Å². The Labute approximate surface area is 97.8 Å². The smallest absolute Gasteiger partial charge is 0.240 e. The van der Waals surface area contributed by atoms with E-state index in [2.05, 4.69) is 31.7 Å². The largest absolute Gasteiger partial charge is 0.343 e. The highest BCUT2D eigenvalue weighted by atomic mass is 16.2. The molecule has 0 aliphatic carbocycles. The SMILES string of the molecule is CCCN1C(CC#N)C(=O)N(C)CC1(C)C. The molecule has 0 aromatic rings. The fourth-order valence-corrected chi connectivity index (χ4v) is 2.54. The summed E-state index contributed by atoms with van der Waals surface area (Å²) >= 11 is 0. The molecule has 16 heavy (non-hydrogen) atoms. The maximum absolute atomic E-state index is 12.0. The van der Waals surface area contributed by atoms with Gasteiger partial charge < -0.3 is 4.90 Å². The highest BCUT2D eigenvalue weighted by Gasteiger charge is 2.42. The molecule has 1 amide bonds. The lowest BCUT2D eigenvalue weighted by atomic mass is 9.93. The number of rotatable bonds is 3. The van der Waals surface area contributed by atoms with Crippen LogP contribution in [0, 0.1) is 11.3 Å². The van der Waals surface area contributed by atoms with E-state index < -0.39 is 0 Å². The molecule has 0 spiro atoms. The van der Waals surface area contributed by atoms with Crippen LogP contribution >= 0.6 is 0 Å². The van der Waals surface area contributed by atoms with E-state index in [4.69, 9.17) is 5.26 Å². The summed E-state index contributed by atoms with van der Waals surface area (Å²) in [6.45, 7) is 7.97. The highest BCUT2D eigenvalue weighted by molar-refractivity contribution is 5.83. The van der Waals surface area contributed by atoms with Gasteiger partial charge in [0.15, 0.2) is 0 Å². The third-order valence-electron chi connectivity index (χ3n) is 3.19. The number of likely N-dealkylation sites (N-methyl/N-ethyl adjacent to an activating group) is 1. The molecule has 4 heteroatoms. The molecule has 0 N–H and O–H groups in total. The summed E-state index contributed by atoms with van der Waals surface area (Å²) in [5.41, 5.74) is -0.0415. The number of hydrogen-bond acceptors (Lipinski definition) is 3. The third kappa shape index (κ3) is 2.35. The van der Waals surface area contributed by atoms with Gasteiger partial charge in [-0.05, 0) is 26.8 Å². The van der Waals surface area contributed by atoms with Crippen LogP contribution in [-0.4, -0.2) is 47.4 Å². The Bertz CT molecular complexity index is 306. The van der Waals surface area contributed by atoms with E-state index in [-0.39, 0.29) is 23.9 Å². The fraction of sp³-hybridized carbons (Fsp3) is 0.833. The minimum Gasteiger partial charge on any atom is -0.343 e. The molecule has 1 saturated heterocycles. The number of hydrogen-bond donors (Lipinski definition) is 0. The maximum Gasteiger partial charge on any atom is 0.240 e. The molecule has 1 atom stereocenters. The fourth-order valence-electron chi connectivity index (χ4n) is 2.54. The Morgan fingerprint density at radius 2 is 2.19 bits per heavy atom. The summed E-state index contributed by atoms with van der Waals surface area (Å²) < 4.78 is 0. The molecule has 1 aliphatic rings. The summed E-state index contributed by atoms with van der Waals surface area (Å²) in [6.07, 6.45) is 1.29. The van der Waals surface area contributed by atoms with Crippen LogP contribution < -0.4 is 0 Å². The van der Waals surface area contributed by atoms with Crippen molar-refractivity contribution in [3.8, 4) is 6.07 Å². The quantitative estimate of drug-likeness (QED) is 0.723. The minimum atomic E-state index is -0.265. The van der Waals surface area contributed by atoms with Crippen LogP contribution in [-0.2, 0) is 4.79 Å². The van der Waals surface area contributed by atoms with Crippen LogP contribution in [0.4, 0.5) is 0 Å². The zero-order chi connectivity index (χ0) is 12.3. The maximum atomic E-state index is 12.0. The van der Waals surface area contributed by atoms with Crippen molar-refractivity contribution in [2.75, 3.05) is 20.1 Å². The molecule has 1 rings (SSSR count). The molecule has 1 heterocycles. The van der Waals surface area contributed by atoms with E-state index in [9.17, 15) is 4.79 Å². The van der Waals surface area contributed by atoms with Gasteiger partial charge in [-0.3, -0.25) is 9.69 Å². The Morgan fingerprint density at radius 1 is 1.56 bits per heavy atom. The first-order valence-electron chi connectivity index (χ1n) is 5.82. The number of nitriles is 1. The molecule has 0 radical (unpaired) electrons. The van der Waals surface area contributed by atoms with E-state index in [1.165, 1.54) is 0 Å². The van der Waals surface area contributed by atoms with Gasteiger partial charge in [0, 0.05) is 19.1 Å². The van der Waals surface area contributed by atoms with E-state index in [0.29, 0.717) is 0 Å². The Kier molecular flexibility index (Phi) is 3.93. The molecule has 0 aromatic heterocycles. The second kappa shape index (κ2) is 4.84. The topological polar surface area (TPSA) is 47.3 Å². The Hall–Kier alpha value is -1.08. The van der Waals surface area contributed by atoms with Crippen LogP contribution in [0.25, 0.3) is 0 Å². The number of carbonyl (C=O) groups excluding carboxylic acids is 1. The van der Waals surface area contributed by atoms with Gasteiger partial charge in [-0.1, -0.05) is 6.92 Å². The van der Waals surface area contributed by atoms with Crippen molar-refractivity contribution in [1.82, 2.24) is 9.80 Å². The second-order valence-electron chi connectivity index (χ2n) is 5.08. The molecule has 4 nitrogen and oxygen atoms in total. The normalized spacial score (nSPS) is 25.6. The summed E-state index contributed by atoms with van der Waals surface area (Å²) in [7, 11) is 1.82. The lowest BCUT2D eigenvalue weighted by Crippen LogP contribution is -2.65. The van der Waals surface area contributed by atoms with Crippen molar-refractivity contribution >= 4 is 5.91 Å². The molecule has 0 aromatic carbocycles. The predicted molar refractivity (Wildman–Crippen MR) is 62.7 cm³/mol. The van der Waals surface area contributed by atoms with Gasteiger partial charge >= 0.3 is 0 Å². The first-order chi connectivity index (χ1) is 7.44. The monoisotopic (exact) mass is 223 g/mol. The third-order valence-corrected chi connectivity index (χ3v) is 3.19. The molecule has 0 saturated carbocycles. The summed E-state index contributed by atoms with van der Waals surface area (Å²) in [6, 6.07) is 1.86. The number of piperazine rings is 1. The van der Waals surface area contributed by atoms with Gasteiger partial charge in [0.2, 0.25) is 5.91 Å². The number of nitrogens with zero attached hydrogens (tertiary/aromatic N) is 3. The van der Waals surface area contributed by atoms with Crippen LogP contribution in [0.3, 0.4) is 0 Å². The molecule has 90 valence electrons. The van der Waals surface area contributed by atoms with Crippen molar-refractivity contribution in [1.29, 1.82) is 5.26 Å². The van der Waals surface area contributed by atoms with E-state index in [1.807, 2.05) is 7.05 Å². The second-order valence-corrected chi connectivity index (χ2v) is 5.08. The first-order valence-corrected chi connectivity index (χ1v) is 5.82. The van der Waals surface area contributed by atoms with Crippen molar-refractivity contribution in [3.63, 3.8) is 0 Å². The lowest BCUT2D eigenvalue weighted by Gasteiger charge is -2.49. The van der Waals surface area contributed by atoms with E-state index in [1.54, 1.807) is 4.90 Å².